The van der Waals surface area contributed by atoms with Crippen molar-refractivity contribution >= 4 is 23.9 Å². The van der Waals surface area contributed by atoms with Crippen molar-refractivity contribution in [2.75, 3.05) is 13.1 Å². The van der Waals surface area contributed by atoms with Gasteiger partial charge in [0.15, 0.2) is 0 Å². The summed E-state index contributed by atoms with van der Waals surface area (Å²) in [5, 5.41) is 10.6. The van der Waals surface area contributed by atoms with Gasteiger partial charge in [-0.15, -0.1) is 0 Å². The number of piperidine rings is 1. The fourth-order valence-corrected chi connectivity index (χ4v) is 5.16. The van der Waals surface area contributed by atoms with Gasteiger partial charge in [-0.25, -0.2) is 13.8 Å². The Bertz CT molecular complexity index is 1380. The normalized spacial score (nSPS) is 15.7. The van der Waals surface area contributed by atoms with Gasteiger partial charge in [-0.05, 0) is 78.8 Å². The molecule has 2 amide bonds. The summed E-state index contributed by atoms with van der Waals surface area (Å²) in [6.45, 7) is 6.27. The molecule has 6 nitrogen and oxygen atoms in total. The van der Waals surface area contributed by atoms with Crippen LogP contribution in [0.3, 0.4) is 0 Å². The lowest BCUT2D eigenvalue weighted by Crippen LogP contribution is -2.53. The van der Waals surface area contributed by atoms with Crippen LogP contribution >= 0.6 is 0 Å². The van der Waals surface area contributed by atoms with Crippen molar-refractivity contribution in [3.8, 4) is 0 Å². The van der Waals surface area contributed by atoms with Gasteiger partial charge in [-0.3, -0.25) is 15.0 Å². The quantitative estimate of drug-likeness (QED) is 0.280. The van der Waals surface area contributed by atoms with Crippen molar-refractivity contribution in [2.45, 2.75) is 45.1 Å². The number of rotatable bonds is 7. The van der Waals surface area contributed by atoms with E-state index in [1.165, 1.54) is 24.3 Å². The van der Waals surface area contributed by atoms with Crippen molar-refractivity contribution in [2.24, 2.45) is 10.9 Å². The molecule has 3 aromatic rings. The van der Waals surface area contributed by atoms with Crippen LogP contribution < -0.4 is 5.32 Å². The number of amidine groups is 1. The molecule has 208 valence electrons. The first-order valence-corrected chi connectivity index (χ1v) is 13.4. The van der Waals surface area contributed by atoms with E-state index < -0.39 is 5.41 Å². The predicted octanol–water partition coefficient (Wildman–Crippen LogP) is 6.07. The van der Waals surface area contributed by atoms with E-state index in [9.17, 15) is 18.4 Å². The average molecular weight is 545 g/mol. The molecule has 1 aliphatic rings. The van der Waals surface area contributed by atoms with Gasteiger partial charge in [0.25, 0.3) is 5.91 Å². The third kappa shape index (κ3) is 6.50. The zero-order chi connectivity index (χ0) is 28.9. The molecule has 0 saturated carbocycles. The molecule has 0 radical (unpaired) electrons. The zero-order valence-corrected chi connectivity index (χ0v) is 23.0. The molecule has 2 N–H and O–H groups in total. The van der Waals surface area contributed by atoms with Crippen molar-refractivity contribution in [3.63, 3.8) is 0 Å². The molecular weight excluding hydrogens is 510 g/mol. The number of aliphatic imine (C=N–C) groups is 1. The number of benzene rings is 3. The molecule has 3 aromatic carbocycles. The minimum Gasteiger partial charge on any atom is -0.348 e. The fourth-order valence-electron chi connectivity index (χ4n) is 5.16. The smallest absolute Gasteiger partial charge is 0.253 e. The molecule has 0 spiro atoms. The Morgan fingerprint density at radius 3 is 2.00 bits per heavy atom. The highest BCUT2D eigenvalue weighted by Crippen LogP contribution is 2.38. The molecule has 1 unspecified atom stereocenters. The monoisotopic (exact) mass is 544 g/mol. The minimum absolute atomic E-state index is 0.0392. The van der Waals surface area contributed by atoms with Crippen LogP contribution in [0.5, 0.6) is 0 Å². The molecule has 0 bridgehead atoms. The zero-order valence-electron chi connectivity index (χ0n) is 23.0. The van der Waals surface area contributed by atoms with Crippen molar-refractivity contribution in [3.05, 3.63) is 107 Å². The summed E-state index contributed by atoms with van der Waals surface area (Å²) in [4.78, 5) is 33.0. The lowest BCUT2D eigenvalue weighted by molar-refractivity contribution is -0.129. The highest BCUT2D eigenvalue weighted by Gasteiger charge is 2.44. The topological polar surface area (TPSA) is 85.6 Å². The van der Waals surface area contributed by atoms with Gasteiger partial charge in [0.1, 0.15) is 17.5 Å². The standard InChI is InChI=1S/C32H34F2N4O2/c1-21(2)29(24-8-12-27(33)13-9-24)37-31(40)32(26-10-14-28(34)15-11-26)16-18-38(19-17-32)30(39)25-6-4-23(5-7-25)20-36-22(3)35/h4-15,20-21,29,35H,16-19H2,1-3H3,(H,37,40)/b35-22?,36-20+. The number of amides is 2. The third-order valence-electron chi connectivity index (χ3n) is 7.48. The van der Waals surface area contributed by atoms with Crippen molar-refractivity contribution in [1.29, 1.82) is 5.41 Å². The first-order valence-electron chi connectivity index (χ1n) is 13.4. The number of nitrogens with zero attached hydrogens (tertiary/aromatic N) is 2. The number of carbonyl (C=O) groups is 2. The first-order chi connectivity index (χ1) is 19.1. The van der Waals surface area contributed by atoms with Gasteiger partial charge in [-0.1, -0.05) is 50.2 Å². The van der Waals surface area contributed by atoms with Crippen LogP contribution in [-0.4, -0.2) is 41.9 Å². The number of likely N-dealkylation sites (tertiary alicyclic amines) is 1. The summed E-state index contributed by atoms with van der Waals surface area (Å²) in [7, 11) is 0. The van der Waals surface area contributed by atoms with Crippen molar-refractivity contribution in [1.82, 2.24) is 10.2 Å². The Morgan fingerprint density at radius 1 is 0.925 bits per heavy atom. The Morgan fingerprint density at radius 2 is 1.48 bits per heavy atom. The Hall–Kier alpha value is -4.20. The molecule has 1 heterocycles. The van der Waals surface area contributed by atoms with E-state index in [1.54, 1.807) is 66.6 Å². The second kappa shape index (κ2) is 12.3. The molecule has 0 aliphatic carbocycles. The molecule has 8 heteroatoms. The number of hydrogen-bond acceptors (Lipinski definition) is 3. The number of carbonyl (C=O) groups excluding carboxylic acids is 2. The van der Waals surface area contributed by atoms with Crippen LogP contribution in [0.15, 0.2) is 77.8 Å². The predicted molar refractivity (Wildman–Crippen MR) is 153 cm³/mol. The summed E-state index contributed by atoms with van der Waals surface area (Å²) in [6, 6.07) is 18.8. The molecule has 4 rings (SSSR count). The van der Waals surface area contributed by atoms with Gasteiger partial charge < -0.3 is 10.2 Å². The first kappa shape index (κ1) is 28.8. The molecule has 1 aliphatic heterocycles. The average Bonchev–Trinajstić information content (AvgIpc) is 2.95. The Balaban J connectivity index is 1.55. The molecule has 1 fully saturated rings. The summed E-state index contributed by atoms with van der Waals surface area (Å²) in [6.07, 6.45) is 2.31. The maximum atomic E-state index is 14.0. The van der Waals surface area contributed by atoms with E-state index in [2.05, 4.69) is 10.3 Å². The number of halogens is 2. The summed E-state index contributed by atoms with van der Waals surface area (Å²) >= 11 is 0. The fraction of sp³-hybridized carbons (Fsp3) is 0.312. The van der Waals surface area contributed by atoms with E-state index in [0.29, 0.717) is 37.1 Å². The summed E-state index contributed by atoms with van der Waals surface area (Å²) in [5.74, 6) is -0.827. The van der Waals surface area contributed by atoms with Crippen LogP contribution in [0.4, 0.5) is 8.78 Å². The van der Waals surface area contributed by atoms with E-state index in [1.807, 2.05) is 13.8 Å². The lowest BCUT2D eigenvalue weighted by Gasteiger charge is -2.42. The van der Waals surface area contributed by atoms with E-state index >= 15 is 0 Å². The Kier molecular flexibility index (Phi) is 8.87. The molecule has 0 aromatic heterocycles. The SMILES string of the molecule is CC(=N)/N=C/c1ccc(C(=O)N2CCC(C(=O)NC(c3ccc(F)cc3)C(C)C)(c3ccc(F)cc3)CC2)cc1. The highest BCUT2D eigenvalue weighted by atomic mass is 19.1. The van der Waals surface area contributed by atoms with E-state index in [-0.39, 0.29) is 41.2 Å². The second-order valence-corrected chi connectivity index (χ2v) is 10.6. The minimum atomic E-state index is -0.956. The van der Waals surface area contributed by atoms with E-state index in [0.717, 1.165) is 11.1 Å². The van der Waals surface area contributed by atoms with Crippen LogP contribution in [0, 0.1) is 23.0 Å². The van der Waals surface area contributed by atoms with Crippen molar-refractivity contribution < 1.29 is 18.4 Å². The molecule has 1 saturated heterocycles. The largest absolute Gasteiger partial charge is 0.348 e. The Labute approximate surface area is 233 Å². The number of hydrogen-bond donors (Lipinski definition) is 2. The summed E-state index contributed by atoms with van der Waals surface area (Å²) < 4.78 is 27.4. The van der Waals surface area contributed by atoms with E-state index in [4.69, 9.17) is 5.41 Å². The van der Waals surface area contributed by atoms with Crippen LogP contribution in [0.2, 0.25) is 0 Å². The van der Waals surface area contributed by atoms with Crippen LogP contribution in [-0.2, 0) is 10.2 Å². The lowest BCUT2D eigenvalue weighted by atomic mass is 9.71. The third-order valence-corrected chi connectivity index (χ3v) is 7.48. The maximum absolute atomic E-state index is 14.0. The highest BCUT2D eigenvalue weighted by molar-refractivity contribution is 5.97. The number of nitrogens with one attached hydrogen (secondary N) is 2. The van der Waals surface area contributed by atoms with Gasteiger partial charge >= 0.3 is 0 Å². The maximum Gasteiger partial charge on any atom is 0.253 e. The summed E-state index contributed by atoms with van der Waals surface area (Å²) in [5.41, 5.74) is 1.86. The molecular formula is C32H34F2N4O2. The van der Waals surface area contributed by atoms with Gasteiger partial charge in [0.2, 0.25) is 5.91 Å². The second-order valence-electron chi connectivity index (χ2n) is 10.6. The molecule has 40 heavy (non-hydrogen) atoms. The van der Waals surface area contributed by atoms with Gasteiger partial charge in [0, 0.05) is 24.9 Å². The van der Waals surface area contributed by atoms with Crippen LogP contribution in [0.25, 0.3) is 0 Å². The van der Waals surface area contributed by atoms with Gasteiger partial charge in [0.05, 0.1) is 11.5 Å². The van der Waals surface area contributed by atoms with Crippen LogP contribution in [0.1, 0.15) is 66.7 Å². The molecule has 1 atom stereocenters. The van der Waals surface area contributed by atoms with Gasteiger partial charge in [-0.2, -0.15) is 0 Å².